The van der Waals surface area contributed by atoms with Crippen molar-refractivity contribution in [3.8, 4) is 0 Å². The molecule has 27 heavy (non-hydrogen) atoms. The van der Waals surface area contributed by atoms with Crippen molar-refractivity contribution in [1.82, 2.24) is 0 Å². The van der Waals surface area contributed by atoms with E-state index in [1.165, 1.54) is 77.0 Å². The van der Waals surface area contributed by atoms with Crippen LogP contribution in [0.3, 0.4) is 0 Å². The van der Waals surface area contributed by atoms with Gasteiger partial charge in [-0.15, -0.1) is 24.0 Å². The zero-order chi connectivity index (χ0) is 17.9. The first-order chi connectivity index (χ1) is 11.4. The first-order valence-corrected chi connectivity index (χ1v) is 11.4. The Morgan fingerprint density at radius 3 is 0.519 bits per heavy atom. The second-order valence-corrected chi connectivity index (χ2v) is 10.1. The minimum Gasteiger partial charge on any atom is -1.00 e. The smallest absolute Gasteiger partial charge is 1.00 e. The Bertz CT molecular complexity index is 211. The van der Waals surface area contributed by atoms with Crippen LogP contribution in [0.4, 0.5) is 0 Å². The molecule has 0 nitrogen and oxygen atoms in total. The Labute approximate surface area is 235 Å². The van der Waals surface area contributed by atoms with Crippen molar-refractivity contribution >= 4 is 24.0 Å². The van der Waals surface area contributed by atoms with Gasteiger partial charge in [0.25, 0.3) is 0 Å². The van der Waals surface area contributed by atoms with E-state index in [1.54, 1.807) is 0 Å². The number of hydrogen-bond acceptors (Lipinski definition) is 0. The molecule has 0 aromatic rings. The van der Waals surface area contributed by atoms with Crippen molar-refractivity contribution in [2.45, 2.75) is 126 Å². The normalized spacial score (nSPS) is 35.3. The van der Waals surface area contributed by atoms with E-state index >= 15 is 0 Å². The molecule has 0 heterocycles. The van der Waals surface area contributed by atoms with Gasteiger partial charge < -0.3 is 1.43 Å². The second-order valence-electron chi connectivity index (χ2n) is 10.1. The quantitative estimate of drug-likeness (QED) is 0.242. The molecule has 3 aliphatic carbocycles. The van der Waals surface area contributed by atoms with Gasteiger partial charge >= 0.3 is 51.4 Å². The van der Waals surface area contributed by atoms with Gasteiger partial charge in [0.15, 0.2) is 0 Å². The summed E-state index contributed by atoms with van der Waals surface area (Å²) in [4.78, 5) is 0. The van der Waals surface area contributed by atoms with Gasteiger partial charge in [-0.1, -0.05) is 126 Å². The fourth-order valence-electron chi connectivity index (χ4n) is 4.28. The van der Waals surface area contributed by atoms with Crippen molar-refractivity contribution in [3.63, 3.8) is 0 Å². The average molecular weight is 521 g/mol. The summed E-state index contributed by atoms with van der Waals surface area (Å²) in [7, 11) is 0. The Morgan fingerprint density at radius 1 is 0.370 bits per heavy atom. The first-order valence-electron chi connectivity index (χ1n) is 11.4. The monoisotopic (exact) mass is 520 g/mol. The Hall–Kier alpha value is 2.37. The van der Waals surface area contributed by atoms with Crippen molar-refractivity contribution < 1.29 is 52.8 Å². The minimum atomic E-state index is 0. The standard InChI is InChI=1S/3C8H16.CH4.HI.K.H/c3*1-7-3-5-8(2)6-4-7;;;;/h3*7-8H,3-6H2,1-2H3;1H4;1H;;/q;;;;;+1;-1. The summed E-state index contributed by atoms with van der Waals surface area (Å²) in [5.74, 6) is 6.12. The van der Waals surface area contributed by atoms with E-state index < -0.39 is 0 Å². The molecule has 3 saturated carbocycles. The Balaban J connectivity index is -0.000000144. The molecule has 2 heteroatoms. The summed E-state index contributed by atoms with van der Waals surface area (Å²) >= 11 is 0. The third-order valence-corrected chi connectivity index (χ3v) is 6.91. The van der Waals surface area contributed by atoms with Crippen molar-refractivity contribution in [2.24, 2.45) is 35.5 Å². The van der Waals surface area contributed by atoms with Gasteiger partial charge in [-0.25, -0.2) is 0 Å². The predicted octanol–water partition coefficient (Wildman–Crippen LogP) is 6.87. The zero-order valence-corrected chi connectivity index (χ0v) is 24.8. The molecule has 0 spiro atoms. The molecule has 0 bridgehead atoms. The van der Waals surface area contributed by atoms with Crippen LogP contribution in [0.1, 0.15) is 127 Å². The maximum Gasteiger partial charge on any atom is 1.00 e. The number of halogens is 1. The molecule has 162 valence electrons. The van der Waals surface area contributed by atoms with Gasteiger partial charge in [0.2, 0.25) is 0 Å². The van der Waals surface area contributed by atoms with Crippen molar-refractivity contribution in [3.05, 3.63) is 0 Å². The third kappa shape index (κ3) is 18.8. The van der Waals surface area contributed by atoms with E-state index in [9.17, 15) is 0 Å². The molecule has 0 radical (unpaired) electrons. The zero-order valence-electron chi connectivity index (χ0n) is 20.4. The van der Waals surface area contributed by atoms with Gasteiger partial charge in [0.1, 0.15) is 0 Å². The first kappa shape index (κ1) is 34.0. The molecule has 3 fully saturated rings. The van der Waals surface area contributed by atoms with Crippen LogP contribution >= 0.6 is 24.0 Å². The third-order valence-electron chi connectivity index (χ3n) is 6.91. The summed E-state index contributed by atoms with van der Waals surface area (Å²) in [6.07, 6.45) is 17.7. The number of hydrogen-bond donors (Lipinski definition) is 0. The number of rotatable bonds is 0. The van der Waals surface area contributed by atoms with Crippen LogP contribution in [0.2, 0.25) is 0 Å². The molecule has 0 amide bonds. The Kier molecular flexibility index (Phi) is 25.5. The molecule has 0 aromatic carbocycles. The van der Waals surface area contributed by atoms with E-state index in [0.717, 1.165) is 35.5 Å². The maximum atomic E-state index is 2.37. The summed E-state index contributed by atoms with van der Waals surface area (Å²) in [6.45, 7) is 14.2. The van der Waals surface area contributed by atoms with Crippen LogP contribution in [-0.2, 0) is 0 Å². The minimum absolute atomic E-state index is 0. The molecule has 3 rings (SSSR count). The molecule has 3 aliphatic rings. The van der Waals surface area contributed by atoms with Crippen LogP contribution in [0.15, 0.2) is 0 Å². The van der Waals surface area contributed by atoms with Crippen LogP contribution < -0.4 is 51.4 Å². The van der Waals surface area contributed by atoms with Gasteiger partial charge in [-0.3, -0.25) is 0 Å². The maximum absolute atomic E-state index is 2.37. The van der Waals surface area contributed by atoms with E-state index in [1.807, 2.05) is 0 Å². The van der Waals surface area contributed by atoms with Crippen LogP contribution in [-0.4, -0.2) is 0 Å². The largest absolute Gasteiger partial charge is 1.00 e. The van der Waals surface area contributed by atoms with Crippen LogP contribution in [0.5, 0.6) is 0 Å². The predicted molar refractivity (Wildman–Crippen MR) is 134 cm³/mol. The molecular weight excluding hydrogens is 466 g/mol. The van der Waals surface area contributed by atoms with E-state index in [0.29, 0.717) is 0 Å². The van der Waals surface area contributed by atoms with E-state index in [2.05, 4.69) is 41.5 Å². The van der Waals surface area contributed by atoms with Gasteiger partial charge in [0, 0.05) is 0 Å². The summed E-state index contributed by atoms with van der Waals surface area (Å²) in [5, 5.41) is 0. The molecule has 0 saturated heterocycles. The molecule has 0 aromatic heterocycles. The topological polar surface area (TPSA) is 0 Å². The fraction of sp³-hybridized carbons (Fsp3) is 1.00. The average Bonchev–Trinajstić information content (AvgIpc) is 2.57. The molecule has 0 aliphatic heterocycles. The second kappa shape index (κ2) is 20.3. The fourth-order valence-corrected chi connectivity index (χ4v) is 4.28. The molecule has 0 atom stereocenters. The summed E-state index contributed by atoms with van der Waals surface area (Å²) in [6, 6.07) is 0. The molecule has 0 N–H and O–H groups in total. The summed E-state index contributed by atoms with van der Waals surface area (Å²) in [5.41, 5.74) is 0. The van der Waals surface area contributed by atoms with E-state index in [-0.39, 0.29) is 84.2 Å². The van der Waals surface area contributed by atoms with Crippen molar-refractivity contribution in [1.29, 1.82) is 0 Å². The van der Waals surface area contributed by atoms with Gasteiger partial charge in [-0.2, -0.15) is 0 Å². The Morgan fingerprint density at radius 2 is 0.444 bits per heavy atom. The van der Waals surface area contributed by atoms with E-state index in [4.69, 9.17) is 0 Å². The van der Waals surface area contributed by atoms with Gasteiger partial charge in [-0.05, 0) is 35.5 Å². The SMILES string of the molecule is C.CC1CCC(C)CC1.CC1CCC(C)CC1.CC1CCC(C)CC1.I.[H-].[K+]. The molecular formula is C25H54IK. The van der Waals surface area contributed by atoms with Crippen molar-refractivity contribution in [2.75, 3.05) is 0 Å². The van der Waals surface area contributed by atoms with Crippen LogP contribution in [0.25, 0.3) is 0 Å². The summed E-state index contributed by atoms with van der Waals surface area (Å²) < 4.78 is 0. The van der Waals surface area contributed by atoms with Crippen LogP contribution in [0, 0.1) is 35.5 Å². The van der Waals surface area contributed by atoms with Gasteiger partial charge in [0.05, 0.1) is 0 Å². The molecule has 0 unspecified atom stereocenters.